The Balaban J connectivity index is 1.88. The monoisotopic (exact) mass is 401 g/mol. The Hall–Kier alpha value is -3.55. The van der Waals surface area contributed by atoms with E-state index in [1.807, 2.05) is 6.92 Å². The third-order valence-corrected chi connectivity index (χ3v) is 3.80. The molecule has 8 heteroatoms. The summed E-state index contributed by atoms with van der Waals surface area (Å²) in [6, 6.07) is 10.8. The van der Waals surface area contributed by atoms with Crippen LogP contribution in [0.4, 0.5) is 5.69 Å². The van der Waals surface area contributed by atoms with E-state index in [2.05, 4.69) is 5.32 Å². The van der Waals surface area contributed by atoms with Crippen molar-refractivity contribution in [3.8, 4) is 11.5 Å². The first-order valence-corrected chi connectivity index (χ1v) is 8.94. The third kappa shape index (κ3) is 6.24. The van der Waals surface area contributed by atoms with Crippen molar-refractivity contribution in [2.75, 3.05) is 32.8 Å². The van der Waals surface area contributed by atoms with Gasteiger partial charge in [-0.05, 0) is 48.9 Å². The average molecular weight is 401 g/mol. The highest BCUT2D eigenvalue weighted by Crippen LogP contribution is 2.27. The molecule has 0 aliphatic rings. The van der Waals surface area contributed by atoms with E-state index < -0.39 is 24.5 Å². The summed E-state index contributed by atoms with van der Waals surface area (Å²) < 4.78 is 20.3. The number of benzene rings is 2. The quantitative estimate of drug-likeness (QED) is 0.645. The van der Waals surface area contributed by atoms with Crippen LogP contribution in [0.3, 0.4) is 0 Å². The first kappa shape index (κ1) is 21.7. The number of ether oxygens (including phenoxy) is 4. The lowest BCUT2D eigenvalue weighted by atomic mass is 10.2. The van der Waals surface area contributed by atoms with E-state index in [0.29, 0.717) is 29.4 Å². The normalized spacial score (nSPS) is 10.0. The van der Waals surface area contributed by atoms with E-state index in [-0.39, 0.29) is 5.56 Å². The van der Waals surface area contributed by atoms with Crippen molar-refractivity contribution in [2.45, 2.75) is 13.3 Å². The van der Waals surface area contributed by atoms with E-state index >= 15 is 0 Å². The molecule has 0 saturated heterocycles. The highest BCUT2D eigenvalue weighted by molar-refractivity contribution is 5.96. The van der Waals surface area contributed by atoms with Gasteiger partial charge in [0.2, 0.25) is 0 Å². The molecule has 0 aromatic heterocycles. The molecule has 0 bridgehead atoms. The Labute approximate surface area is 168 Å². The van der Waals surface area contributed by atoms with Gasteiger partial charge >= 0.3 is 11.9 Å². The summed E-state index contributed by atoms with van der Waals surface area (Å²) in [6.45, 7) is 1.79. The van der Waals surface area contributed by atoms with E-state index in [0.717, 1.165) is 6.42 Å². The van der Waals surface area contributed by atoms with Crippen LogP contribution in [0.25, 0.3) is 0 Å². The second-order valence-corrected chi connectivity index (χ2v) is 5.91. The van der Waals surface area contributed by atoms with Gasteiger partial charge < -0.3 is 24.3 Å². The molecule has 0 unspecified atom stereocenters. The van der Waals surface area contributed by atoms with Gasteiger partial charge in [0, 0.05) is 5.69 Å². The predicted molar refractivity (Wildman–Crippen MR) is 105 cm³/mol. The zero-order valence-corrected chi connectivity index (χ0v) is 16.5. The minimum absolute atomic E-state index is 0.227. The number of anilines is 1. The second kappa shape index (κ2) is 10.7. The minimum Gasteiger partial charge on any atom is -0.493 e. The number of rotatable bonds is 9. The summed E-state index contributed by atoms with van der Waals surface area (Å²) in [4.78, 5) is 35.9. The van der Waals surface area contributed by atoms with Gasteiger partial charge in [-0.15, -0.1) is 0 Å². The predicted octanol–water partition coefficient (Wildman–Crippen LogP) is 3.07. The maximum absolute atomic E-state index is 12.1. The van der Waals surface area contributed by atoms with Gasteiger partial charge in [-0.3, -0.25) is 4.79 Å². The molecule has 0 saturated carbocycles. The van der Waals surface area contributed by atoms with Crippen LogP contribution in [-0.4, -0.2) is 45.3 Å². The van der Waals surface area contributed by atoms with E-state index in [4.69, 9.17) is 18.9 Å². The topological polar surface area (TPSA) is 100 Å². The maximum Gasteiger partial charge on any atom is 0.338 e. The summed E-state index contributed by atoms with van der Waals surface area (Å²) in [6.07, 6.45) is 0.738. The number of methoxy groups -OCH3 is 2. The number of hydrogen-bond acceptors (Lipinski definition) is 7. The van der Waals surface area contributed by atoms with E-state index in [9.17, 15) is 14.4 Å². The zero-order chi connectivity index (χ0) is 21.2. The molecule has 0 radical (unpaired) electrons. The van der Waals surface area contributed by atoms with Gasteiger partial charge in [-0.1, -0.05) is 6.92 Å². The molecule has 1 N–H and O–H groups in total. The number of carbonyl (C=O) groups excluding carboxylic acids is 3. The van der Waals surface area contributed by atoms with Crippen molar-refractivity contribution < 1.29 is 33.3 Å². The van der Waals surface area contributed by atoms with Gasteiger partial charge in [0.1, 0.15) is 0 Å². The number of carbonyl (C=O) groups is 3. The number of esters is 2. The Morgan fingerprint density at radius 1 is 0.828 bits per heavy atom. The Kier molecular flexibility index (Phi) is 8.02. The average Bonchev–Trinajstić information content (AvgIpc) is 2.75. The number of amides is 1. The largest absolute Gasteiger partial charge is 0.493 e. The Morgan fingerprint density at radius 3 is 2.07 bits per heavy atom. The van der Waals surface area contributed by atoms with E-state index in [1.54, 1.807) is 30.3 Å². The molecule has 0 spiro atoms. The minimum atomic E-state index is -0.671. The van der Waals surface area contributed by atoms with Crippen LogP contribution >= 0.6 is 0 Å². The van der Waals surface area contributed by atoms with Gasteiger partial charge in [0.05, 0.1) is 32.0 Å². The molecular formula is C21H23NO7. The van der Waals surface area contributed by atoms with Gasteiger partial charge in [0.15, 0.2) is 18.1 Å². The van der Waals surface area contributed by atoms with Crippen LogP contribution in [-0.2, 0) is 14.3 Å². The molecule has 2 aromatic rings. The first-order chi connectivity index (χ1) is 14.0. The lowest BCUT2D eigenvalue weighted by Gasteiger charge is -2.10. The fraction of sp³-hybridized carbons (Fsp3) is 0.286. The number of hydrogen-bond donors (Lipinski definition) is 1. The fourth-order valence-electron chi connectivity index (χ4n) is 2.34. The van der Waals surface area contributed by atoms with Crippen LogP contribution in [0.1, 0.15) is 34.1 Å². The summed E-state index contributed by atoms with van der Waals surface area (Å²) in [5.74, 6) is -0.753. The number of nitrogens with one attached hydrogen (secondary N) is 1. The van der Waals surface area contributed by atoms with Crippen LogP contribution in [0.2, 0.25) is 0 Å². The zero-order valence-electron chi connectivity index (χ0n) is 16.5. The van der Waals surface area contributed by atoms with Crippen molar-refractivity contribution in [2.24, 2.45) is 0 Å². The third-order valence-electron chi connectivity index (χ3n) is 3.80. The lowest BCUT2D eigenvalue weighted by molar-refractivity contribution is -0.119. The molecule has 0 atom stereocenters. The summed E-state index contributed by atoms with van der Waals surface area (Å²) in [7, 11) is 2.94. The van der Waals surface area contributed by atoms with Crippen LogP contribution in [0.5, 0.6) is 11.5 Å². The molecule has 8 nitrogen and oxygen atoms in total. The molecular weight excluding hydrogens is 378 g/mol. The highest BCUT2D eigenvalue weighted by atomic mass is 16.5. The second-order valence-electron chi connectivity index (χ2n) is 5.91. The standard InChI is InChI=1S/C21H23NO7/c1-4-11-28-20(24)14-5-8-16(9-6-14)22-19(23)13-29-21(25)15-7-10-17(26-2)18(12-15)27-3/h5-10,12H,4,11,13H2,1-3H3,(H,22,23). The Morgan fingerprint density at radius 2 is 1.45 bits per heavy atom. The maximum atomic E-state index is 12.1. The van der Waals surface area contributed by atoms with Gasteiger partial charge in [-0.2, -0.15) is 0 Å². The van der Waals surface area contributed by atoms with Crippen LogP contribution in [0.15, 0.2) is 42.5 Å². The van der Waals surface area contributed by atoms with Crippen molar-refractivity contribution in [1.82, 2.24) is 0 Å². The lowest BCUT2D eigenvalue weighted by Crippen LogP contribution is -2.21. The fourth-order valence-corrected chi connectivity index (χ4v) is 2.34. The smallest absolute Gasteiger partial charge is 0.338 e. The molecule has 0 aliphatic carbocycles. The Bertz CT molecular complexity index is 862. The van der Waals surface area contributed by atoms with Crippen LogP contribution < -0.4 is 14.8 Å². The highest BCUT2D eigenvalue weighted by Gasteiger charge is 2.14. The molecule has 1 amide bonds. The molecule has 0 heterocycles. The van der Waals surface area contributed by atoms with Gasteiger partial charge in [0.25, 0.3) is 5.91 Å². The van der Waals surface area contributed by atoms with E-state index in [1.165, 1.54) is 26.4 Å². The SMILES string of the molecule is CCCOC(=O)c1ccc(NC(=O)COC(=O)c2ccc(OC)c(OC)c2)cc1. The van der Waals surface area contributed by atoms with Crippen molar-refractivity contribution in [3.63, 3.8) is 0 Å². The summed E-state index contributed by atoms with van der Waals surface area (Å²) >= 11 is 0. The first-order valence-electron chi connectivity index (χ1n) is 8.94. The van der Waals surface area contributed by atoms with Gasteiger partial charge in [-0.25, -0.2) is 9.59 Å². The summed E-state index contributed by atoms with van der Waals surface area (Å²) in [5.41, 5.74) is 1.07. The molecule has 0 fully saturated rings. The van der Waals surface area contributed by atoms with Crippen LogP contribution in [0, 0.1) is 0 Å². The molecule has 29 heavy (non-hydrogen) atoms. The molecule has 2 aromatic carbocycles. The van der Waals surface area contributed by atoms with Crippen molar-refractivity contribution >= 4 is 23.5 Å². The molecule has 0 aliphatic heterocycles. The van der Waals surface area contributed by atoms with Crippen molar-refractivity contribution in [3.05, 3.63) is 53.6 Å². The molecule has 154 valence electrons. The summed E-state index contributed by atoms with van der Waals surface area (Å²) in [5, 5.41) is 2.59. The van der Waals surface area contributed by atoms with Crippen molar-refractivity contribution in [1.29, 1.82) is 0 Å². The molecule has 2 rings (SSSR count).